The molecule has 0 saturated heterocycles. The highest BCUT2D eigenvalue weighted by Gasteiger charge is 2.05. The summed E-state index contributed by atoms with van der Waals surface area (Å²) >= 11 is 0. The van der Waals surface area contributed by atoms with Gasteiger partial charge in [0, 0.05) is 28.6 Å². The van der Waals surface area contributed by atoms with E-state index in [2.05, 4.69) is 14.6 Å². The zero-order valence-electron chi connectivity index (χ0n) is 9.87. The Balaban J connectivity index is 2.33. The predicted octanol–water partition coefficient (Wildman–Crippen LogP) is 3.35. The molecular formula is C12H14N4O. The minimum Gasteiger partial charge on any atom is -0.497 e. The van der Waals surface area contributed by atoms with Crippen LogP contribution in [0.1, 0.15) is 6.92 Å². The Bertz CT molecular complexity index is 569. The van der Waals surface area contributed by atoms with Crippen LogP contribution in [-0.4, -0.2) is 17.7 Å². The highest BCUT2D eigenvalue weighted by Crippen LogP contribution is 2.22. The lowest BCUT2D eigenvalue weighted by Crippen LogP contribution is -2.08. The van der Waals surface area contributed by atoms with Crippen molar-refractivity contribution >= 4 is 10.9 Å². The number of azide groups is 1. The first kappa shape index (κ1) is 11.4. The van der Waals surface area contributed by atoms with Crippen molar-refractivity contribution in [2.24, 2.45) is 5.11 Å². The van der Waals surface area contributed by atoms with Gasteiger partial charge in [-0.25, -0.2) is 0 Å². The fourth-order valence-corrected chi connectivity index (χ4v) is 1.87. The molecule has 0 spiro atoms. The van der Waals surface area contributed by atoms with E-state index in [1.807, 2.05) is 37.4 Å². The lowest BCUT2D eigenvalue weighted by molar-refractivity contribution is 0.415. The van der Waals surface area contributed by atoms with Gasteiger partial charge in [-0.3, -0.25) is 0 Å². The van der Waals surface area contributed by atoms with E-state index in [0.29, 0.717) is 6.54 Å². The molecule has 0 bridgehead atoms. The number of rotatable bonds is 4. The molecule has 1 aromatic heterocycles. The van der Waals surface area contributed by atoms with Gasteiger partial charge in [-0.2, -0.15) is 0 Å². The Labute approximate surface area is 99.2 Å². The van der Waals surface area contributed by atoms with E-state index < -0.39 is 0 Å². The Kier molecular flexibility index (Phi) is 3.21. The number of aromatic nitrogens is 1. The van der Waals surface area contributed by atoms with Crippen LogP contribution >= 0.6 is 0 Å². The lowest BCUT2D eigenvalue weighted by Gasteiger charge is -2.08. The van der Waals surface area contributed by atoms with Crippen LogP contribution in [0.2, 0.25) is 0 Å². The molecule has 1 heterocycles. The van der Waals surface area contributed by atoms with Crippen molar-refractivity contribution in [3.05, 3.63) is 40.9 Å². The molecule has 5 heteroatoms. The monoisotopic (exact) mass is 230 g/mol. The molecular weight excluding hydrogens is 216 g/mol. The van der Waals surface area contributed by atoms with Crippen molar-refractivity contribution < 1.29 is 4.74 Å². The Hall–Kier alpha value is -2.13. The van der Waals surface area contributed by atoms with Crippen LogP contribution in [-0.2, 0) is 6.54 Å². The smallest absolute Gasteiger partial charge is 0.119 e. The summed E-state index contributed by atoms with van der Waals surface area (Å²) in [5, 5.41) is 4.80. The fraction of sp³-hybridized carbons (Fsp3) is 0.333. The van der Waals surface area contributed by atoms with Gasteiger partial charge in [0.25, 0.3) is 0 Å². The number of hydrogen-bond acceptors (Lipinski definition) is 2. The first-order chi connectivity index (χ1) is 8.24. The van der Waals surface area contributed by atoms with Crippen LogP contribution in [0.3, 0.4) is 0 Å². The number of ether oxygens (including phenoxy) is 1. The average molecular weight is 230 g/mol. The van der Waals surface area contributed by atoms with Crippen molar-refractivity contribution in [3.8, 4) is 5.75 Å². The van der Waals surface area contributed by atoms with Crippen molar-refractivity contribution in [2.75, 3.05) is 7.11 Å². The second kappa shape index (κ2) is 4.80. The highest BCUT2D eigenvalue weighted by atomic mass is 16.5. The van der Waals surface area contributed by atoms with Crippen molar-refractivity contribution in [1.29, 1.82) is 0 Å². The molecule has 0 fully saturated rings. The van der Waals surface area contributed by atoms with E-state index in [4.69, 9.17) is 10.3 Å². The third-order valence-electron chi connectivity index (χ3n) is 2.69. The second-order valence-corrected chi connectivity index (χ2v) is 3.95. The van der Waals surface area contributed by atoms with E-state index in [1.165, 1.54) is 0 Å². The zero-order chi connectivity index (χ0) is 12.3. The quantitative estimate of drug-likeness (QED) is 0.451. The molecule has 0 aliphatic heterocycles. The first-order valence-electron chi connectivity index (χ1n) is 5.41. The van der Waals surface area contributed by atoms with Crippen molar-refractivity contribution in [2.45, 2.75) is 19.5 Å². The summed E-state index contributed by atoms with van der Waals surface area (Å²) in [5.41, 5.74) is 9.50. The van der Waals surface area contributed by atoms with Gasteiger partial charge >= 0.3 is 0 Å². The normalized spacial score (nSPS) is 12.1. The minimum atomic E-state index is -0.0577. The molecule has 1 atom stereocenters. The summed E-state index contributed by atoms with van der Waals surface area (Å²) in [4.78, 5) is 2.82. The molecule has 5 nitrogen and oxygen atoms in total. The van der Waals surface area contributed by atoms with Crippen LogP contribution in [0.25, 0.3) is 21.3 Å². The highest BCUT2D eigenvalue weighted by molar-refractivity contribution is 5.81. The molecule has 88 valence electrons. The third kappa shape index (κ3) is 2.34. The molecule has 1 unspecified atom stereocenters. The van der Waals surface area contributed by atoms with Crippen molar-refractivity contribution in [1.82, 2.24) is 4.57 Å². The van der Waals surface area contributed by atoms with Crippen LogP contribution < -0.4 is 4.74 Å². The lowest BCUT2D eigenvalue weighted by atomic mass is 10.2. The largest absolute Gasteiger partial charge is 0.497 e. The SMILES string of the molecule is COc1ccc2c(ccn2CC(C)N=[N+]=[N-])c1. The Morgan fingerprint density at radius 3 is 3.00 bits per heavy atom. The molecule has 0 aliphatic rings. The maximum absolute atomic E-state index is 8.38. The summed E-state index contributed by atoms with van der Waals surface area (Å²) in [6, 6.07) is 7.90. The van der Waals surface area contributed by atoms with Crippen molar-refractivity contribution in [3.63, 3.8) is 0 Å². The topological polar surface area (TPSA) is 62.9 Å². The molecule has 0 aliphatic carbocycles. The molecule has 0 radical (unpaired) electrons. The number of methoxy groups -OCH3 is 1. The van der Waals surface area contributed by atoms with E-state index in [9.17, 15) is 0 Å². The molecule has 2 rings (SSSR count). The summed E-state index contributed by atoms with van der Waals surface area (Å²) in [5.74, 6) is 0.846. The van der Waals surface area contributed by atoms with Gasteiger partial charge in [-0.15, -0.1) is 0 Å². The van der Waals surface area contributed by atoms with Gasteiger partial charge in [-0.1, -0.05) is 12.0 Å². The third-order valence-corrected chi connectivity index (χ3v) is 2.69. The summed E-state index contributed by atoms with van der Waals surface area (Å²) in [6.07, 6.45) is 1.99. The Morgan fingerprint density at radius 2 is 2.29 bits per heavy atom. The number of benzene rings is 1. The first-order valence-corrected chi connectivity index (χ1v) is 5.41. The van der Waals surface area contributed by atoms with Gasteiger partial charge in [0.1, 0.15) is 5.75 Å². The molecule has 1 aromatic carbocycles. The van der Waals surface area contributed by atoms with Gasteiger partial charge in [0.2, 0.25) is 0 Å². The summed E-state index contributed by atoms with van der Waals surface area (Å²) in [6.45, 7) is 2.58. The minimum absolute atomic E-state index is 0.0577. The maximum atomic E-state index is 8.38. The van der Waals surface area contributed by atoms with Gasteiger partial charge in [0.15, 0.2) is 0 Å². The number of nitrogens with zero attached hydrogens (tertiary/aromatic N) is 4. The average Bonchev–Trinajstić information content (AvgIpc) is 2.72. The second-order valence-electron chi connectivity index (χ2n) is 3.95. The molecule has 0 amide bonds. The number of fused-ring (bicyclic) bond motifs is 1. The van der Waals surface area contributed by atoms with E-state index in [-0.39, 0.29) is 6.04 Å². The van der Waals surface area contributed by atoms with Crippen LogP contribution in [0, 0.1) is 0 Å². The maximum Gasteiger partial charge on any atom is 0.119 e. The summed E-state index contributed by atoms with van der Waals surface area (Å²) in [7, 11) is 1.65. The van der Waals surface area contributed by atoms with E-state index >= 15 is 0 Å². The van der Waals surface area contributed by atoms with Crippen LogP contribution in [0.15, 0.2) is 35.6 Å². The molecule has 17 heavy (non-hydrogen) atoms. The van der Waals surface area contributed by atoms with E-state index in [0.717, 1.165) is 16.7 Å². The van der Waals surface area contributed by atoms with E-state index in [1.54, 1.807) is 7.11 Å². The predicted molar refractivity (Wildman–Crippen MR) is 67.1 cm³/mol. The number of hydrogen-bond donors (Lipinski definition) is 0. The van der Waals surface area contributed by atoms with Crippen LogP contribution in [0.4, 0.5) is 0 Å². The standard InChI is InChI=1S/C12H14N4O/c1-9(14-15-13)8-16-6-5-10-7-11(17-2)3-4-12(10)16/h3-7,9H,8H2,1-2H3. The zero-order valence-corrected chi connectivity index (χ0v) is 9.87. The molecule has 2 aromatic rings. The van der Waals surface area contributed by atoms with Gasteiger partial charge < -0.3 is 9.30 Å². The van der Waals surface area contributed by atoms with Crippen LogP contribution in [0.5, 0.6) is 5.75 Å². The van der Waals surface area contributed by atoms with Gasteiger partial charge in [0.05, 0.1) is 13.2 Å². The molecule has 0 saturated carbocycles. The Morgan fingerprint density at radius 1 is 1.47 bits per heavy atom. The molecule has 0 N–H and O–H groups in total. The summed E-state index contributed by atoms with van der Waals surface area (Å²) < 4.78 is 7.25. The van der Waals surface area contributed by atoms with Gasteiger partial charge in [-0.05, 0) is 29.8 Å². The fourth-order valence-electron chi connectivity index (χ4n) is 1.87.